The van der Waals surface area contributed by atoms with Crippen LogP contribution in [0.25, 0.3) is 0 Å². The van der Waals surface area contributed by atoms with Crippen molar-refractivity contribution in [1.29, 1.82) is 0 Å². The Morgan fingerprint density at radius 1 is 1.59 bits per heavy atom. The largest absolute Gasteiger partial charge is 0.390 e. The Kier molecular flexibility index (Phi) is 3.71. The third-order valence-electron chi connectivity index (χ3n) is 3.37. The van der Waals surface area contributed by atoms with Crippen molar-refractivity contribution in [1.82, 2.24) is 0 Å². The average Bonchev–Trinajstić information content (AvgIpc) is 2.72. The lowest BCUT2D eigenvalue weighted by molar-refractivity contribution is -0.0768. The highest BCUT2D eigenvalue weighted by Gasteiger charge is 2.37. The van der Waals surface area contributed by atoms with Crippen molar-refractivity contribution in [3.05, 3.63) is 34.6 Å². The Labute approximate surface area is 105 Å². The average molecular weight is 259 g/mol. The van der Waals surface area contributed by atoms with Gasteiger partial charge >= 0.3 is 0 Å². The molecule has 1 aromatic carbocycles. The third kappa shape index (κ3) is 2.79. The Morgan fingerprint density at radius 3 is 2.94 bits per heavy atom. The van der Waals surface area contributed by atoms with Crippen LogP contribution in [-0.4, -0.2) is 23.4 Å². The Hall–Kier alpha value is -0.640. The molecule has 0 saturated carbocycles. The van der Waals surface area contributed by atoms with Crippen molar-refractivity contribution in [3.63, 3.8) is 0 Å². The smallest absolute Gasteiger partial charge is 0.141 e. The van der Waals surface area contributed by atoms with Gasteiger partial charge in [0.2, 0.25) is 0 Å². The van der Waals surface area contributed by atoms with Gasteiger partial charge in [-0.15, -0.1) is 0 Å². The van der Waals surface area contributed by atoms with Gasteiger partial charge in [-0.2, -0.15) is 0 Å². The van der Waals surface area contributed by atoms with Gasteiger partial charge in [0, 0.05) is 13.0 Å². The van der Waals surface area contributed by atoms with Crippen molar-refractivity contribution in [3.8, 4) is 0 Å². The quantitative estimate of drug-likeness (QED) is 0.903. The Morgan fingerprint density at radius 2 is 2.35 bits per heavy atom. The lowest BCUT2D eigenvalue weighted by Crippen LogP contribution is -2.40. The number of hydrogen-bond acceptors (Lipinski definition) is 2. The fourth-order valence-corrected chi connectivity index (χ4v) is 2.37. The highest BCUT2D eigenvalue weighted by molar-refractivity contribution is 6.30. The summed E-state index contributed by atoms with van der Waals surface area (Å²) in [4.78, 5) is 0. The monoisotopic (exact) mass is 258 g/mol. The second-order valence-electron chi connectivity index (χ2n) is 4.73. The second-order valence-corrected chi connectivity index (χ2v) is 5.14. The molecule has 0 aliphatic carbocycles. The minimum absolute atomic E-state index is 0.0900. The van der Waals surface area contributed by atoms with E-state index in [2.05, 4.69) is 0 Å². The minimum Gasteiger partial charge on any atom is -0.390 e. The van der Waals surface area contributed by atoms with Gasteiger partial charge in [-0.05, 0) is 37.5 Å². The Balaban J connectivity index is 2.07. The standard InChI is InChI=1S/C13H16ClFO2/c1-13(5-2-6-17-13)12(16)8-9-3-4-11(15)10(14)7-9/h3-4,7,12,16H,2,5-6,8H2,1H3. The molecule has 2 atom stereocenters. The molecule has 1 fully saturated rings. The zero-order valence-corrected chi connectivity index (χ0v) is 10.5. The molecule has 4 heteroatoms. The van der Waals surface area contributed by atoms with E-state index in [4.69, 9.17) is 16.3 Å². The number of aliphatic hydroxyl groups excluding tert-OH is 1. The van der Waals surface area contributed by atoms with Crippen LogP contribution in [0.1, 0.15) is 25.3 Å². The van der Waals surface area contributed by atoms with Crippen LogP contribution < -0.4 is 0 Å². The van der Waals surface area contributed by atoms with Gasteiger partial charge in [0.1, 0.15) is 5.82 Å². The molecule has 2 rings (SSSR count). The van der Waals surface area contributed by atoms with E-state index < -0.39 is 17.5 Å². The maximum absolute atomic E-state index is 13.0. The van der Waals surface area contributed by atoms with Gasteiger partial charge in [0.05, 0.1) is 16.7 Å². The van der Waals surface area contributed by atoms with Crippen molar-refractivity contribution >= 4 is 11.6 Å². The predicted molar refractivity (Wildman–Crippen MR) is 64.7 cm³/mol. The predicted octanol–water partition coefficient (Wildman–Crippen LogP) is 2.95. The molecule has 0 bridgehead atoms. The number of hydrogen-bond donors (Lipinski definition) is 1. The van der Waals surface area contributed by atoms with Crippen LogP contribution in [0.15, 0.2) is 18.2 Å². The lowest BCUT2D eigenvalue weighted by atomic mass is 9.91. The Bertz CT molecular complexity index is 402. The number of halogens is 2. The summed E-state index contributed by atoms with van der Waals surface area (Å²) in [6, 6.07) is 4.52. The first-order valence-corrected chi connectivity index (χ1v) is 6.15. The van der Waals surface area contributed by atoms with E-state index in [0.717, 1.165) is 18.4 Å². The van der Waals surface area contributed by atoms with E-state index in [0.29, 0.717) is 13.0 Å². The van der Waals surface area contributed by atoms with Crippen molar-refractivity contribution in [2.24, 2.45) is 0 Å². The summed E-state index contributed by atoms with van der Waals surface area (Å²) in [7, 11) is 0. The molecule has 1 saturated heterocycles. The van der Waals surface area contributed by atoms with Crippen molar-refractivity contribution in [2.75, 3.05) is 6.61 Å². The van der Waals surface area contributed by atoms with Gasteiger partial charge in [0.25, 0.3) is 0 Å². The third-order valence-corrected chi connectivity index (χ3v) is 3.66. The number of benzene rings is 1. The molecule has 2 unspecified atom stereocenters. The number of aliphatic hydroxyl groups is 1. The molecule has 94 valence electrons. The van der Waals surface area contributed by atoms with Crippen LogP contribution >= 0.6 is 11.6 Å². The van der Waals surface area contributed by atoms with Gasteiger partial charge < -0.3 is 9.84 Å². The molecule has 17 heavy (non-hydrogen) atoms. The first-order valence-electron chi connectivity index (χ1n) is 5.77. The molecule has 1 aliphatic rings. The van der Waals surface area contributed by atoms with E-state index in [1.807, 2.05) is 6.92 Å². The van der Waals surface area contributed by atoms with E-state index in [1.54, 1.807) is 12.1 Å². The van der Waals surface area contributed by atoms with Crippen molar-refractivity contribution in [2.45, 2.75) is 37.9 Å². The van der Waals surface area contributed by atoms with Crippen LogP contribution in [0.4, 0.5) is 4.39 Å². The molecule has 0 aromatic heterocycles. The van der Waals surface area contributed by atoms with E-state index in [1.165, 1.54) is 6.07 Å². The SMILES string of the molecule is CC1(C(O)Cc2ccc(F)c(Cl)c2)CCCO1. The number of rotatable bonds is 3. The molecule has 1 heterocycles. The molecule has 2 nitrogen and oxygen atoms in total. The van der Waals surface area contributed by atoms with Crippen LogP contribution in [0.3, 0.4) is 0 Å². The maximum Gasteiger partial charge on any atom is 0.141 e. The van der Waals surface area contributed by atoms with Crippen LogP contribution in [-0.2, 0) is 11.2 Å². The fourth-order valence-electron chi connectivity index (χ4n) is 2.17. The molecule has 1 N–H and O–H groups in total. The molecular weight excluding hydrogens is 243 g/mol. The van der Waals surface area contributed by atoms with Gasteiger partial charge in [-0.25, -0.2) is 4.39 Å². The van der Waals surface area contributed by atoms with E-state index in [-0.39, 0.29) is 5.02 Å². The van der Waals surface area contributed by atoms with Crippen LogP contribution in [0, 0.1) is 5.82 Å². The molecule has 0 amide bonds. The summed E-state index contributed by atoms with van der Waals surface area (Å²) in [5, 5.41) is 10.2. The van der Waals surface area contributed by atoms with Gasteiger partial charge in [-0.1, -0.05) is 17.7 Å². The topological polar surface area (TPSA) is 29.5 Å². The minimum atomic E-state index is -0.591. The van der Waals surface area contributed by atoms with Crippen molar-refractivity contribution < 1.29 is 14.2 Å². The van der Waals surface area contributed by atoms with E-state index >= 15 is 0 Å². The number of ether oxygens (including phenoxy) is 1. The van der Waals surface area contributed by atoms with Gasteiger partial charge in [0.15, 0.2) is 0 Å². The molecule has 1 aromatic rings. The first-order chi connectivity index (χ1) is 8.01. The molecule has 0 radical (unpaired) electrons. The lowest BCUT2D eigenvalue weighted by Gasteiger charge is -2.29. The van der Waals surface area contributed by atoms with E-state index in [9.17, 15) is 9.50 Å². The fraction of sp³-hybridized carbons (Fsp3) is 0.538. The van der Waals surface area contributed by atoms with Crippen LogP contribution in [0.5, 0.6) is 0 Å². The van der Waals surface area contributed by atoms with Gasteiger partial charge in [-0.3, -0.25) is 0 Å². The second kappa shape index (κ2) is 4.92. The zero-order valence-electron chi connectivity index (χ0n) is 9.75. The summed E-state index contributed by atoms with van der Waals surface area (Å²) in [5.41, 5.74) is 0.335. The summed E-state index contributed by atoms with van der Waals surface area (Å²) in [6.07, 6.45) is 1.66. The maximum atomic E-state index is 13.0. The summed E-state index contributed by atoms with van der Waals surface area (Å²) in [5.74, 6) is -0.437. The summed E-state index contributed by atoms with van der Waals surface area (Å²) < 4.78 is 18.6. The highest BCUT2D eigenvalue weighted by Crippen LogP contribution is 2.30. The molecular formula is C13H16ClFO2. The first kappa shape index (κ1) is 12.8. The highest BCUT2D eigenvalue weighted by atomic mass is 35.5. The molecule has 1 aliphatic heterocycles. The van der Waals surface area contributed by atoms with Crippen LogP contribution in [0.2, 0.25) is 5.02 Å². The summed E-state index contributed by atoms with van der Waals surface area (Å²) >= 11 is 5.70. The zero-order chi connectivity index (χ0) is 12.5. The summed E-state index contributed by atoms with van der Waals surface area (Å²) in [6.45, 7) is 2.60. The normalized spacial score (nSPS) is 26.1. The molecule has 0 spiro atoms.